The van der Waals surface area contributed by atoms with E-state index in [0.29, 0.717) is 6.42 Å². The Bertz CT molecular complexity index is 433. The van der Waals surface area contributed by atoms with E-state index in [2.05, 4.69) is 37.4 Å². The van der Waals surface area contributed by atoms with Gasteiger partial charge in [0, 0.05) is 12.1 Å². The number of anilines is 1. The molecule has 0 spiro atoms. The van der Waals surface area contributed by atoms with Crippen molar-refractivity contribution < 1.29 is 4.79 Å². The minimum atomic E-state index is 0.177. The molecule has 19 heavy (non-hydrogen) atoms. The van der Waals surface area contributed by atoms with Gasteiger partial charge in [-0.15, -0.1) is 0 Å². The lowest BCUT2D eigenvalue weighted by molar-refractivity contribution is -0.116. The molecule has 0 aliphatic heterocycles. The number of hydrogen-bond acceptors (Lipinski definition) is 1. The van der Waals surface area contributed by atoms with Gasteiger partial charge >= 0.3 is 0 Å². The summed E-state index contributed by atoms with van der Waals surface area (Å²) in [5.74, 6) is 0.962. The highest BCUT2D eigenvalue weighted by Gasteiger charge is 2.16. The Morgan fingerprint density at radius 1 is 1.32 bits per heavy atom. The number of amides is 1. The topological polar surface area (TPSA) is 29.1 Å². The predicted molar refractivity (Wildman–Crippen MR) is 80.4 cm³/mol. The van der Waals surface area contributed by atoms with Crippen LogP contribution >= 0.6 is 0 Å². The van der Waals surface area contributed by atoms with Crippen LogP contribution < -0.4 is 5.32 Å². The maximum Gasteiger partial charge on any atom is 0.224 e. The molecule has 0 saturated heterocycles. The number of hydrogen-bond donors (Lipinski definition) is 1. The van der Waals surface area contributed by atoms with E-state index in [-0.39, 0.29) is 5.91 Å². The lowest BCUT2D eigenvalue weighted by Gasteiger charge is -2.14. The summed E-state index contributed by atoms with van der Waals surface area (Å²) in [6.07, 6.45) is 8.02. The third-order valence-electron chi connectivity index (χ3n) is 4.26. The smallest absolute Gasteiger partial charge is 0.224 e. The average molecular weight is 259 g/mol. The molecule has 0 bridgehead atoms. The Kier molecular flexibility index (Phi) is 5.00. The highest BCUT2D eigenvalue weighted by molar-refractivity contribution is 5.92. The summed E-state index contributed by atoms with van der Waals surface area (Å²) in [6, 6.07) is 6.22. The molecule has 1 N–H and O–H groups in total. The summed E-state index contributed by atoms with van der Waals surface area (Å²) in [5.41, 5.74) is 3.42. The van der Waals surface area contributed by atoms with Gasteiger partial charge in [0.15, 0.2) is 0 Å². The maximum atomic E-state index is 12.1. The quantitative estimate of drug-likeness (QED) is 0.830. The molecule has 1 aromatic rings. The fraction of sp³-hybridized carbons (Fsp3) is 0.588. The molecular weight excluding hydrogens is 234 g/mol. The van der Waals surface area contributed by atoms with E-state index in [0.717, 1.165) is 30.0 Å². The van der Waals surface area contributed by atoms with Crippen LogP contribution in [0, 0.1) is 12.8 Å². The normalized spacial score (nSPS) is 15.7. The molecule has 0 heterocycles. The molecule has 1 fully saturated rings. The van der Waals surface area contributed by atoms with Crippen LogP contribution in [0.2, 0.25) is 0 Å². The molecule has 2 nitrogen and oxygen atoms in total. The van der Waals surface area contributed by atoms with Crippen molar-refractivity contribution in [2.24, 2.45) is 5.92 Å². The van der Waals surface area contributed by atoms with Gasteiger partial charge < -0.3 is 5.32 Å². The average Bonchev–Trinajstić information content (AvgIpc) is 2.92. The molecular formula is C17H25NO. The number of rotatable bonds is 5. The van der Waals surface area contributed by atoms with Crippen LogP contribution in [0.15, 0.2) is 18.2 Å². The second-order valence-electron chi connectivity index (χ2n) is 5.70. The molecule has 2 heteroatoms. The van der Waals surface area contributed by atoms with E-state index in [1.54, 1.807) is 0 Å². The van der Waals surface area contributed by atoms with Gasteiger partial charge in [-0.1, -0.05) is 50.8 Å². The molecule has 1 aromatic carbocycles. The van der Waals surface area contributed by atoms with Crippen LogP contribution in [0.1, 0.15) is 56.6 Å². The van der Waals surface area contributed by atoms with E-state index >= 15 is 0 Å². The molecule has 1 saturated carbocycles. The summed E-state index contributed by atoms with van der Waals surface area (Å²) < 4.78 is 0. The molecule has 1 amide bonds. The minimum Gasteiger partial charge on any atom is -0.326 e. The van der Waals surface area contributed by atoms with Crippen molar-refractivity contribution in [2.75, 3.05) is 5.32 Å². The second kappa shape index (κ2) is 6.74. The molecule has 104 valence electrons. The molecule has 2 rings (SSSR count). The van der Waals surface area contributed by atoms with Crippen molar-refractivity contribution in [1.29, 1.82) is 0 Å². The largest absolute Gasteiger partial charge is 0.326 e. The first-order chi connectivity index (χ1) is 9.20. The number of nitrogens with one attached hydrogen (secondary N) is 1. The Labute approximate surface area is 116 Å². The van der Waals surface area contributed by atoms with Gasteiger partial charge in [0.1, 0.15) is 0 Å². The minimum absolute atomic E-state index is 0.177. The summed E-state index contributed by atoms with van der Waals surface area (Å²) in [5, 5.41) is 3.11. The first kappa shape index (κ1) is 14.1. The third kappa shape index (κ3) is 3.82. The summed E-state index contributed by atoms with van der Waals surface area (Å²) in [4.78, 5) is 12.1. The van der Waals surface area contributed by atoms with Crippen LogP contribution in [0.4, 0.5) is 5.69 Å². The standard InChI is InChI=1S/C17H25NO/c1-3-15-10-6-7-13(2)17(15)18-16(19)12-11-14-8-4-5-9-14/h6-7,10,14H,3-5,8-9,11-12H2,1-2H3,(H,18,19). The lowest BCUT2D eigenvalue weighted by atomic mass is 10.0. The molecule has 0 radical (unpaired) electrons. The van der Waals surface area contributed by atoms with Gasteiger partial charge in [-0.3, -0.25) is 4.79 Å². The van der Waals surface area contributed by atoms with Crippen molar-refractivity contribution in [3.8, 4) is 0 Å². The van der Waals surface area contributed by atoms with Crippen LogP contribution in [-0.4, -0.2) is 5.91 Å². The Balaban J connectivity index is 1.91. The van der Waals surface area contributed by atoms with Gasteiger partial charge in [0.2, 0.25) is 5.91 Å². The maximum absolute atomic E-state index is 12.1. The zero-order chi connectivity index (χ0) is 13.7. The molecule has 1 aliphatic rings. The van der Waals surface area contributed by atoms with Crippen molar-refractivity contribution in [3.63, 3.8) is 0 Å². The van der Waals surface area contributed by atoms with E-state index in [9.17, 15) is 4.79 Å². The van der Waals surface area contributed by atoms with Crippen molar-refractivity contribution in [3.05, 3.63) is 29.3 Å². The molecule has 0 aromatic heterocycles. The van der Waals surface area contributed by atoms with Gasteiger partial charge in [-0.2, -0.15) is 0 Å². The van der Waals surface area contributed by atoms with Gasteiger partial charge in [-0.25, -0.2) is 0 Å². The molecule has 0 unspecified atom stereocenters. The number of aryl methyl sites for hydroxylation is 2. The fourth-order valence-electron chi connectivity index (χ4n) is 3.04. The summed E-state index contributed by atoms with van der Waals surface area (Å²) in [6.45, 7) is 4.19. The fourth-order valence-corrected chi connectivity index (χ4v) is 3.04. The second-order valence-corrected chi connectivity index (χ2v) is 5.70. The number of benzene rings is 1. The molecule has 0 atom stereocenters. The van der Waals surface area contributed by atoms with Gasteiger partial charge in [-0.05, 0) is 36.8 Å². The number of carbonyl (C=O) groups excluding carboxylic acids is 1. The van der Waals surface area contributed by atoms with E-state index in [1.807, 2.05) is 0 Å². The van der Waals surface area contributed by atoms with Crippen LogP contribution in [0.5, 0.6) is 0 Å². The van der Waals surface area contributed by atoms with Crippen molar-refractivity contribution >= 4 is 11.6 Å². The SMILES string of the molecule is CCc1cccc(C)c1NC(=O)CCC1CCCC1. The molecule has 1 aliphatic carbocycles. The lowest BCUT2D eigenvalue weighted by Crippen LogP contribution is -2.15. The van der Waals surface area contributed by atoms with Crippen LogP contribution in [0.3, 0.4) is 0 Å². The van der Waals surface area contributed by atoms with Crippen molar-refractivity contribution in [2.45, 2.75) is 58.8 Å². The zero-order valence-electron chi connectivity index (χ0n) is 12.2. The number of carbonyl (C=O) groups is 1. The Morgan fingerprint density at radius 3 is 2.74 bits per heavy atom. The zero-order valence-corrected chi connectivity index (χ0v) is 12.2. The van der Waals surface area contributed by atoms with E-state index in [4.69, 9.17) is 0 Å². The first-order valence-corrected chi connectivity index (χ1v) is 7.59. The van der Waals surface area contributed by atoms with Crippen molar-refractivity contribution in [1.82, 2.24) is 0 Å². The highest BCUT2D eigenvalue weighted by Crippen LogP contribution is 2.29. The van der Waals surface area contributed by atoms with Gasteiger partial charge in [0.05, 0.1) is 0 Å². The summed E-state index contributed by atoms with van der Waals surface area (Å²) >= 11 is 0. The van der Waals surface area contributed by atoms with Crippen LogP contribution in [-0.2, 0) is 11.2 Å². The Hall–Kier alpha value is -1.31. The van der Waals surface area contributed by atoms with E-state index < -0.39 is 0 Å². The predicted octanol–water partition coefficient (Wildman–Crippen LogP) is 4.47. The van der Waals surface area contributed by atoms with Gasteiger partial charge in [0.25, 0.3) is 0 Å². The number of para-hydroxylation sites is 1. The third-order valence-corrected chi connectivity index (χ3v) is 4.26. The van der Waals surface area contributed by atoms with E-state index in [1.165, 1.54) is 31.2 Å². The Morgan fingerprint density at radius 2 is 2.05 bits per heavy atom. The van der Waals surface area contributed by atoms with Crippen LogP contribution in [0.25, 0.3) is 0 Å². The monoisotopic (exact) mass is 259 g/mol. The summed E-state index contributed by atoms with van der Waals surface area (Å²) in [7, 11) is 0. The first-order valence-electron chi connectivity index (χ1n) is 7.59. The highest BCUT2D eigenvalue weighted by atomic mass is 16.1.